The summed E-state index contributed by atoms with van der Waals surface area (Å²) in [5, 5.41) is 21.7. The Morgan fingerprint density at radius 1 is 0.872 bits per heavy atom. The molecule has 1 saturated carbocycles. The average Bonchev–Trinajstić information content (AvgIpc) is 3.36. The predicted octanol–water partition coefficient (Wildman–Crippen LogP) is 0.904. The van der Waals surface area contributed by atoms with Gasteiger partial charge in [-0.05, 0) is 25.7 Å². The van der Waals surface area contributed by atoms with Gasteiger partial charge >= 0.3 is 0 Å². The second-order valence-corrected chi connectivity index (χ2v) is 10.2. The quantitative estimate of drug-likeness (QED) is 0.192. The molecule has 14 nitrogen and oxygen atoms in total. The van der Waals surface area contributed by atoms with Crippen LogP contribution in [0.4, 0.5) is 17.7 Å². The molecule has 0 spiro atoms. The number of aromatic amines is 1. The molecule has 4 heterocycles. The summed E-state index contributed by atoms with van der Waals surface area (Å²) in [6.07, 6.45) is 15.4. The molecular weight excluding hydrogens is 502 g/mol. The van der Waals surface area contributed by atoms with Gasteiger partial charge in [0.05, 0.1) is 24.7 Å². The molecule has 0 amide bonds. The highest BCUT2D eigenvalue weighted by molar-refractivity contribution is 5.84. The number of aliphatic hydroxyl groups is 2. The van der Waals surface area contributed by atoms with Crippen molar-refractivity contribution < 1.29 is 10.2 Å². The summed E-state index contributed by atoms with van der Waals surface area (Å²) in [6, 6.07) is 0.703. The Morgan fingerprint density at radius 3 is 2.03 bits per heavy atom. The molecule has 0 bridgehead atoms. The van der Waals surface area contributed by atoms with Crippen molar-refractivity contribution in [3.8, 4) is 0 Å². The zero-order valence-corrected chi connectivity index (χ0v) is 21.2. The Balaban J connectivity index is 0.000000144. The maximum absolute atomic E-state index is 11.6. The molecule has 0 aromatic carbocycles. The van der Waals surface area contributed by atoms with E-state index in [1.165, 1.54) is 0 Å². The number of imidazole rings is 2. The van der Waals surface area contributed by atoms with Gasteiger partial charge in [-0.15, -0.1) is 0 Å². The standard InChI is InChI=1S/C14H18N6O.C11H13N5O2/c15-14-18-12(17-9-2-3-9)11-13(19-14)20(7-16-11)10-4-1-8(5-10)6-21;12-11-14-9-8(10(18)15-11)13-5-16(9)7-2-1-6(3-7)4-17/h1,4,7-10,21H,2-3,5-6H2,(H3,15,17,18,19);1-2,5-7,17H,3-4H2,(H3,12,14,15,18)/t8-,10+;6-,7+/m11/s1. The molecule has 0 saturated heterocycles. The highest BCUT2D eigenvalue weighted by Gasteiger charge is 2.26. The van der Waals surface area contributed by atoms with Gasteiger partial charge in [0, 0.05) is 31.1 Å². The minimum absolute atomic E-state index is 0.0563. The number of allylic oxidation sites excluding steroid dienone is 2. The Bertz CT molecular complexity index is 1620. The molecule has 0 radical (unpaired) electrons. The second-order valence-electron chi connectivity index (χ2n) is 10.2. The van der Waals surface area contributed by atoms with Crippen LogP contribution < -0.4 is 22.3 Å². The van der Waals surface area contributed by atoms with Crippen molar-refractivity contribution in [3.63, 3.8) is 0 Å². The lowest BCUT2D eigenvalue weighted by molar-refractivity contribution is 0.244. The fraction of sp³-hybridized carbons (Fsp3) is 0.440. The van der Waals surface area contributed by atoms with Gasteiger partial charge in [-0.2, -0.15) is 15.0 Å². The van der Waals surface area contributed by atoms with E-state index in [-0.39, 0.29) is 60.1 Å². The van der Waals surface area contributed by atoms with Crippen LogP contribution in [0.1, 0.15) is 37.8 Å². The monoisotopic (exact) mass is 533 g/mol. The van der Waals surface area contributed by atoms with E-state index in [2.05, 4.69) is 41.3 Å². The number of hydrogen-bond acceptors (Lipinski definition) is 11. The van der Waals surface area contributed by atoms with Crippen molar-refractivity contribution >= 4 is 40.0 Å². The van der Waals surface area contributed by atoms with Crippen molar-refractivity contribution in [3.05, 3.63) is 47.3 Å². The van der Waals surface area contributed by atoms with Gasteiger partial charge in [0.1, 0.15) is 0 Å². The van der Waals surface area contributed by atoms with Crippen LogP contribution in [0.5, 0.6) is 0 Å². The molecule has 4 atom stereocenters. The highest BCUT2D eigenvalue weighted by atomic mass is 16.3. The lowest BCUT2D eigenvalue weighted by Gasteiger charge is -2.13. The zero-order chi connectivity index (χ0) is 27.1. The van der Waals surface area contributed by atoms with Crippen molar-refractivity contribution in [1.82, 2.24) is 39.0 Å². The summed E-state index contributed by atoms with van der Waals surface area (Å²) in [5.74, 6) is 1.41. The van der Waals surface area contributed by atoms with Crippen LogP contribution in [0, 0.1) is 11.8 Å². The Morgan fingerprint density at radius 2 is 1.46 bits per heavy atom. The highest BCUT2D eigenvalue weighted by Crippen LogP contribution is 2.33. The third-order valence-corrected chi connectivity index (χ3v) is 7.29. The normalized spacial score (nSPS) is 23.9. The van der Waals surface area contributed by atoms with Gasteiger partial charge < -0.3 is 36.1 Å². The number of anilines is 3. The smallest absolute Gasteiger partial charge is 0.280 e. The van der Waals surface area contributed by atoms with Crippen molar-refractivity contribution in [2.24, 2.45) is 11.8 Å². The maximum Gasteiger partial charge on any atom is 0.280 e. The largest absolute Gasteiger partial charge is 0.396 e. The molecular formula is C25H31N11O3. The first-order valence-electron chi connectivity index (χ1n) is 13.0. The summed E-state index contributed by atoms with van der Waals surface area (Å²) >= 11 is 0. The summed E-state index contributed by atoms with van der Waals surface area (Å²) in [5.41, 5.74) is 13.3. The van der Waals surface area contributed by atoms with Crippen LogP contribution in [0.25, 0.3) is 22.3 Å². The summed E-state index contributed by atoms with van der Waals surface area (Å²) in [4.78, 5) is 35.3. The number of H-pyrrole nitrogens is 1. The van der Waals surface area contributed by atoms with E-state index < -0.39 is 0 Å². The van der Waals surface area contributed by atoms with Gasteiger partial charge in [0.2, 0.25) is 11.9 Å². The Hall–Kier alpha value is -4.30. The number of nitrogens with one attached hydrogen (secondary N) is 2. The minimum atomic E-state index is -0.336. The van der Waals surface area contributed by atoms with Gasteiger partial charge in [0.25, 0.3) is 5.56 Å². The molecule has 0 unspecified atom stereocenters. The first kappa shape index (κ1) is 25.0. The number of aromatic nitrogens is 8. The molecule has 39 heavy (non-hydrogen) atoms. The topological polar surface area (TPSA) is 212 Å². The van der Waals surface area contributed by atoms with Crippen molar-refractivity contribution in [1.29, 1.82) is 0 Å². The molecule has 4 aromatic rings. The molecule has 4 aromatic heterocycles. The molecule has 0 aliphatic heterocycles. The summed E-state index contributed by atoms with van der Waals surface area (Å²) in [6.45, 7) is 0.293. The number of nitrogens with zero attached hydrogens (tertiary/aromatic N) is 7. The van der Waals surface area contributed by atoms with Crippen LogP contribution in [0.2, 0.25) is 0 Å². The Kier molecular flexibility index (Phi) is 6.48. The molecule has 3 aliphatic carbocycles. The van der Waals surface area contributed by atoms with Crippen LogP contribution >= 0.6 is 0 Å². The van der Waals surface area contributed by atoms with E-state index in [1.807, 2.05) is 27.4 Å². The molecule has 3 aliphatic rings. The number of fused-ring (bicyclic) bond motifs is 2. The van der Waals surface area contributed by atoms with Crippen LogP contribution in [0.15, 0.2) is 41.8 Å². The van der Waals surface area contributed by atoms with Gasteiger partial charge in [-0.25, -0.2) is 9.97 Å². The van der Waals surface area contributed by atoms with Gasteiger partial charge in [0.15, 0.2) is 28.1 Å². The lowest BCUT2D eigenvalue weighted by Crippen LogP contribution is -2.13. The van der Waals surface area contributed by atoms with E-state index in [1.54, 1.807) is 12.7 Å². The van der Waals surface area contributed by atoms with E-state index in [9.17, 15) is 9.90 Å². The van der Waals surface area contributed by atoms with Crippen LogP contribution in [-0.2, 0) is 0 Å². The third-order valence-electron chi connectivity index (χ3n) is 7.29. The molecule has 204 valence electrons. The number of nitrogens with two attached hydrogens (primary N) is 2. The van der Waals surface area contributed by atoms with E-state index >= 15 is 0 Å². The number of nitrogen functional groups attached to an aromatic ring is 2. The minimum Gasteiger partial charge on any atom is -0.396 e. The van der Waals surface area contributed by atoms with E-state index in [4.69, 9.17) is 16.6 Å². The lowest BCUT2D eigenvalue weighted by atomic mass is 10.1. The van der Waals surface area contributed by atoms with Crippen molar-refractivity contribution in [2.75, 3.05) is 30.0 Å². The predicted molar refractivity (Wildman–Crippen MR) is 146 cm³/mol. The number of aliphatic hydroxyl groups excluding tert-OH is 2. The first-order valence-corrected chi connectivity index (χ1v) is 13.0. The zero-order valence-electron chi connectivity index (χ0n) is 21.2. The van der Waals surface area contributed by atoms with E-state index in [0.717, 1.165) is 42.7 Å². The molecule has 8 N–H and O–H groups in total. The van der Waals surface area contributed by atoms with Gasteiger partial charge in [-0.1, -0.05) is 24.3 Å². The number of hydrogen-bond donors (Lipinski definition) is 6. The van der Waals surface area contributed by atoms with Gasteiger partial charge in [-0.3, -0.25) is 9.78 Å². The second kappa shape index (κ2) is 10.1. The fourth-order valence-corrected chi connectivity index (χ4v) is 5.07. The van der Waals surface area contributed by atoms with E-state index in [0.29, 0.717) is 11.7 Å². The van der Waals surface area contributed by atoms with Crippen LogP contribution in [0.3, 0.4) is 0 Å². The summed E-state index contributed by atoms with van der Waals surface area (Å²) < 4.78 is 3.82. The molecule has 7 rings (SSSR count). The van der Waals surface area contributed by atoms with Crippen LogP contribution in [-0.4, -0.2) is 68.5 Å². The fourth-order valence-electron chi connectivity index (χ4n) is 5.07. The SMILES string of the molecule is Nc1nc(NC2CC2)c2ncn([C@H]3C=C[C@@H](CO)C3)c2n1.Nc1nc2c(ncn2[C@H]2C=C[C@@H](CO)C2)c(=O)[nH]1. The average molecular weight is 534 g/mol. The molecule has 1 fully saturated rings. The third kappa shape index (κ3) is 4.95. The van der Waals surface area contributed by atoms with Crippen molar-refractivity contribution in [2.45, 2.75) is 43.8 Å². The number of rotatable bonds is 6. The maximum atomic E-state index is 11.6. The Labute approximate surface area is 222 Å². The first-order chi connectivity index (χ1) is 18.9. The molecule has 14 heteroatoms. The summed E-state index contributed by atoms with van der Waals surface area (Å²) in [7, 11) is 0.